The number of anilines is 1. The van der Waals surface area contributed by atoms with Gasteiger partial charge in [-0.2, -0.15) is 0 Å². The number of hydrogen-bond donors (Lipinski definition) is 1. The molecular formula is C16H20N2O4S. The van der Waals surface area contributed by atoms with E-state index < -0.39 is 11.8 Å². The molecule has 0 unspecified atom stereocenters. The standard InChI is InChI=1S/C16H20N2O4S/c19-14(18-16-17-7-9-23-16)12-5-1-2-6-13(12)15(20)22-10-11-4-3-8-21-11/h1-2,7,9,11-13H,3-6,8,10H2,(H,17,18,19)/t11-,12-,13+/m0/s1. The Kier molecular flexibility index (Phi) is 5.40. The third-order valence-electron chi connectivity index (χ3n) is 4.17. The molecule has 1 aliphatic carbocycles. The monoisotopic (exact) mass is 336 g/mol. The van der Waals surface area contributed by atoms with E-state index in [0.29, 0.717) is 18.0 Å². The molecule has 1 aromatic heterocycles. The van der Waals surface area contributed by atoms with Gasteiger partial charge in [0.25, 0.3) is 0 Å². The molecule has 1 saturated heterocycles. The number of carbonyl (C=O) groups excluding carboxylic acids is 2. The molecule has 7 heteroatoms. The number of nitrogens with one attached hydrogen (secondary N) is 1. The molecule has 3 rings (SSSR count). The zero-order valence-electron chi connectivity index (χ0n) is 12.8. The van der Waals surface area contributed by atoms with Crippen LogP contribution in [-0.4, -0.2) is 36.2 Å². The van der Waals surface area contributed by atoms with Crippen molar-refractivity contribution in [2.75, 3.05) is 18.5 Å². The predicted octanol–water partition coefficient (Wildman–Crippen LogP) is 2.39. The van der Waals surface area contributed by atoms with Crippen LogP contribution in [0.1, 0.15) is 25.7 Å². The van der Waals surface area contributed by atoms with Gasteiger partial charge in [-0.15, -0.1) is 11.3 Å². The molecule has 0 radical (unpaired) electrons. The summed E-state index contributed by atoms with van der Waals surface area (Å²) in [5.41, 5.74) is 0. The largest absolute Gasteiger partial charge is 0.463 e. The first kappa shape index (κ1) is 16.1. The van der Waals surface area contributed by atoms with Gasteiger partial charge in [0.1, 0.15) is 6.61 Å². The van der Waals surface area contributed by atoms with E-state index >= 15 is 0 Å². The smallest absolute Gasteiger partial charge is 0.310 e. The molecular weight excluding hydrogens is 316 g/mol. The number of hydrogen-bond acceptors (Lipinski definition) is 6. The summed E-state index contributed by atoms with van der Waals surface area (Å²) in [5.74, 6) is -1.35. The van der Waals surface area contributed by atoms with Crippen LogP contribution in [0.15, 0.2) is 23.7 Å². The molecule has 0 aromatic carbocycles. The molecule has 23 heavy (non-hydrogen) atoms. The number of ether oxygens (including phenoxy) is 2. The van der Waals surface area contributed by atoms with Crippen molar-refractivity contribution in [1.82, 2.24) is 4.98 Å². The first-order chi connectivity index (χ1) is 11.2. The lowest BCUT2D eigenvalue weighted by Gasteiger charge is -2.26. The Morgan fingerprint density at radius 3 is 2.87 bits per heavy atom. The minimum absolute atomic E-state index is 0.000628. The second kappa shape index (κ2) is 7.70. The number of rotatable bonds is 5. The minimum atomic E-state index is -0.443. The molecule has 1 aromatic rings. The first-order valence-corrected chi connectivity index (χ1v) is 8.75. The maximum atomic E-state index is 12.4. The van der Waals surface area contributed by atoms with Crippen LogP contribution in [-0.2, 0) is 19.1 Å². The Hall–Kier alpha value is -1.73. The molecule has 3 atom stereocenters. The third kappa shape index (κ3) is 4.17. The molecule has 0 bridgehead atoms. The van der Waals surface area contributed by atoms with Crippen LogP contribution in [0.4, 0.5) is 5.13 Å². The zero-order chi connectivity index (χ0) is 16.1. The molecule has 124 valence electrons. The molecule has 2 heterocycles. The Morgan fingerprint density at radius 2 is 2.17 bits per heavy atom. The van der Waals surface area contributed by atoms with Crippen LogP contribution in [0.25, 0.3) is 0 Å². The van der Waals surface area contributed by atoms with Crippen molar-refractivity contribution >= 4 is 28.3 Å². The lowest BCUT2D eigenvalue weighted by Crippen LogP contribution is -2.36. The van der Waals surface area contributed by atoms with Crippen LogP contribution < -0.4 is 5.32 Å². The number of thiazole rings is 1. The summed E-state index contributed by atoms with van der Waals surface area (Å²) in [6.07, 6.45) is 8.51. The summed E-state index contributed by atoms with van der Waals surface area (Å²) in [6, 6.07) is 0. The van der Waals surface area contributed by atoms with Crippen LogP contribution in [0.2, 0.25) is 0 Å². The second-order valence-corrected chi connectivity index (χ2v) is 6.64. The maximum absolute atomic E-state index is 12.4. The molecule has 2 aliphatic rings. The Bertz CT molecular complexity index is 567. The SMILES string of the molecule is O=C(Nc1nccs1)[C@H]1CC=CC[C@H]1C(=O)OC[C@@H]1CCCO1. The summed E-state index contributed by atoms with van der Waals surface area (Å²) in [6.45, 7) is 1.01. The third-order valence-corrected chi connectivity index (χ3v) is 4.86. The van der Waals surface area contributed by atoms with E-state index in [0.717, 1.165) is 19.4 Å². The van der Waals surface area contributed by atoms with E-state index in [9.17, 15) is 9.59 Å². The molecule has 1 aliphatic heterocycles. The van der Waals surface area contributed by atoms with Crippen LogP contribution in [0.5, 0.6) is 0 Å². The van der Waals surface area contributed by atoms with Crippen molar-refractivity contribution in [3.05, 3.63) is 23.7 Å². The van der Waals surface area contributed by atoms with E-state index in [-0.39, 0.29) is 24.6 Å². The number of aromatic nitrogens is 1. The Balaban J connectivity index is 1.57. The van der Waals surface area contributed by atoms with E-state index in [4.69, 9.17) is 9.47 Å². The van der Waals surface area contributed by atoms with E-state index in [1.54, 1.807) is 11.6 Å². The molecule has 1 fully saturated rings. The Labute approximate surface area is 138 Å². The number of allylic oxidation sites excluding steroid dienone is 2. The normalized spacial score (nSPS) is 26.9. The van der Waals surface area contributed by atoms with Gasteiger partial charge in [-0.1, -0.05) is 12.2 Å². The van der Waals surface area contributed by atoms with Gasteiger partial charge in [0, 0.05) is 18.2 Å². The van der Waals surface area contributed by atoms with Gasteiger partial charge in [-0.25, -0.2) is 4.98 Å². The van der Waals surface area contributed by atoms with Crippen molar-refractivity contribution in [3.8, 4) is 0 Å². The number of amides is 1. The average molecular weight is 336 g/mol. The highest BCUT2D eigenvalue weighted by Crippen LogP contribution is 2.28. The van der Waals surface area contributed by atoms with Gasteiger partial charge in [-0.3, -0.25) is 9.59 Å². The molecule has 0 saturated carbocycles. The Morgan fingerprint density at radius 1 is 1.35 bits per heavy atom. The van der Waals surface area contributed by atoms with Crippen LogP contribution in [0.3, 0.4) is 0 Å². The van der Waals surface area contributed by atoms with Crippen LogP contribution >= 0.6 is 11.3 Å². The highest BCUT2D eigenvalue weighted by atomic mass is 32.1. The van der Waals surface area contributed by atoms with Crippen molar-refractivity contribution < 1.29 is 19.1 Å². The molecule has 1 N–H and O–H groups in total. The second-order valence-electron chi connectivity index (χ2n) is 5.75. The number of carbonyl (C=O) groups is 2. The topological polar surface area (TPSA) is 77.5 Å². The average Bonchev–Trinajstić information content (AvgIpc) is 3.26. The van der Waals surface area contributed by atoms with Gasteiger partial charge in [0.2, 0.25) is 5.91 Å². The van der Waals surface area contributed by atoms with Crippen LogP contribution in [0, 0.1) is 11.8 Å². The highest BCUT2D eigenvalue weighted by Gasteiger charge is 2.36. The first-order valence-electron chi connectivity index (χ1n) is 7.87. The predicted molar refractivity (Wildman–Crippen MR) is 86.0 cm³/mol. The summed E-state index contributed by atoms with van der Waals surface area (Å²) >= 11 is 1.36. The molecule has 0 spiro atoms. The number of nitrogens with zero attached hydrogens (tertiary/aromatic N) is 1. The quantitative estimate of drug-likeness (QED) is 0.660. The summed E-state index contributed by atoms with van der Waals surface area (Å²) in [7, 11) is 0. The minimum Gasteiger partial charge on any atom is -0.463 e. The van der Waals surface area contributed by atoms with Crippen molar-refractivity contribution in [2.24, 2.45) is 11.8 Å². The fourth-order valence-electron chi connectivity index (χ4n) is 2.91. The summed E-state index contributed by atoms with van der Waals surface area (Å²) in [4.78, 5) is 28.8. The molecule has 1 amide bonds. The summed E-state index contributed by atoms with van der Waals surface area (Å²) < 4.78 is 10.8. The van der Waals surface area contributed by atoms with Gasteiger partial charge in [0.05, 0.1) is 17.9 Å². The van der Waals surface area contributed by atoms with Crippen molar-refractivity contribution in [2.45, 2.75) is 31.8 Å². The van der Waals surface area contributed by atoms with Gasteiger partial charge < -0.3 is 14.8 Å². The lowest BCUT2D eigenvalue weighted by atomic mass is 9.82. The summed E-state index contributed by atoms with van der Waals surface area (Å²) in [5, 5.41) is 5.12. The van der Waals surface area contributed by atoms with Crippen molar-refractivity contribution in [1.29, 1.82) is 0 Å². The zero-order valence-corrected chi connectivity index (χ0v) is 13.6. The lowest BCUT2D eigenvalue weighted by molar-refractivity contribution is -0.155. The maximum Gasteiger partial charge on any atom is 0.310 e. The van der Waals surface area contributed by atoms with Gasteiger partial charge >= 0.3 is 5.97 Å². The molecule has 6 nitrogen and oxygen atoms in total. The van der Waals surface area contributed by atoms with E-state index in [1.807, 2.05) is 12.2 Å². The number of esters is 1. The van der Waals surface area contributed by atoms with Gasteiger partial charge in [-0.05, 0) is 25.7 Å². The van der Waals surface area contributed by atoms with E-state index in [2.05, 4.69) is 10.3 Å². The fraction of sp³-hybridized carbons (Fsp3) is 0.562. The van der Waals surface area contributed by atoms with Gasteiger partial charge in [0.15, 0.2) is 5.13 Å². The highest BCUT2D eigenvalue weighted by molar-refractivity contribution is 7.13. The fourth-order valence-corrected chi connectivity index (χ4v) is 3.44. The van der Waals surface area contributed by atoms with E-state index in [1.165, 1.54) is 11.3 Å². The van der Waals surface area contributed by atoms with Crippen molar-refractivity contribution in [3.63, 3.8) is 0 Å².